The van der Waals surface area contributed by atoms with Gasteiger partial charge in [-0.25, -0.2) is 4.98 Å². The number of hydrogen-bond acceptors (Lipinski definition) is 3. The molecule has 1 aliphatic heterocycles. The molecule has 1 aromatic heterocycles. The Bertz CT molecular complexity index is 324. The molecule has 1 atom stereocenters. The minimum absolute atomic E-state index is 0. The van der Waals surface area contributed by atoms with Gasteiger partial charge in [0.05, 0.1) is 0 Å². The van der Waals surface area contributed by atoms with E-state index in [1.165, 1.54) is 6.20 Å². The molecule has 0 radical (unpaired) electrons. The summed E-state index contributed by atoms with van der Waals surface area (Å²) in [5.41, 5.74) is 0. The van der Waals surface area contributed by atoms with Gasteiger partial charge in [-0.2, -0.15) is 4.39 Å². The normalized spacial score (nSPS) is 20.3. The van der Waals surface area contributed by atoms with Gasteiger partial charge in [0.25, 0.3) is 5.95 Å². The van der Waals surface area contributed by atoms with Gasteiger partial charge in [0.2, 0.25) is 0 Å². The van der Waals surface area contributed by atoms with Gasteiger partial charge in [-0.15, -0.1) is 12.4 Å². The van der Waals surface area contributed by atoms with Gasteiger partial charge in [-0.1, -0.05) is 0 Å². The quantitative estimate of drug-likeness (QED) is 0.743. The van der Waals surface area contributed by atoms with Crippen LogP contribution in [0, 0.1) is 5.95 Å². The Kier molecular flexibility index (Phi) is 4.29. The first-order valence-corrected chi connectivity index (χ1v) is 4.71. The largest absolute Gasteiger partial charge is 0.487 e. The van der Waals surface area contributed by atoms with E-state index in [1.54, 1.807) is 12.1 Å². The second-order valence-electron chi connectivity index (χ2n) is 3.53. The van der Waals surface area contributed by atoms with Crippen molar-refractivity contribution in [3.05, 3.63) is 24.3 Å². The molecule has 0 N–H and O–H groups in total. The SMILES string of the molecule is CN1CC[C@H]1COc1cccnc1F.Cl. The summed E-state index contributed by atoms with van der Waals surface area (Å²) in [6.07, 6.45) is 2.54. The molecule has 0 unspecified atom stereocenters. The van der Waals surface area contributed by atoms with Gasteiger partial charge >= 0.3 is 0 Å². The summed E-state index contributed by atoms with van der Waals surface area (Å²) in [4.78, 5) is 5.70. The zero-order valence-electron chi connectivity index (χ0n) is 8.52. The van der Waals surface area contributed by atoms with Crippen molar-refractivity contribution in [2.75, 3.05) is 20.2 Å². The molecule has 1 fully saturated rings. The van der Waals surface area contributed by atoms with Crippen molar-refractivity contribution in [2.45, 2.75) is 12.5 Å². The smallest absolute Gasteiger partial charge is 0.255 e. The fraction of sp³-hybridized carbons (Fsp3) is 0.500. The molecule has 3 nitrogen and oxygen atoms in total. The molecule has 1 saturated heterocycles. The summed E-state index contributed by atoms with van der Waals surface area (Å²) in [7, 11) is 2.04. The van der Waals surface area contributed by atoms with Crippen molar-refractivity contribution in [1.82, 2.24) is 9.88 Å². The monoisotopic (exact) mass is 232 g/mol. The molecule has 0 bridgehead atoms. The first-order chi connectivity index (χ1) is 6.77. The fourth-order valence-corrected chi connectivity index (χ4v) is 1.45. The van der Waals surface area contributed by atoms with Crippen LogP contribution in [0.25, 0.3) is 0 Å². The van der Waals surface area contributed by atoms with Gasteiger partial charge in [-0.3, -0.25) is 4.90 Å². The van der Waals surface area contributed by atoms with Crippen LogP contribution in [0.3, 0.4) is 0 Å². The Morgan fingerprint density at radius 2 is 2.47 bits per heavy atom. The highest BCUT2D eigenvalue weighted by Crippen LogP contribution is 2.18. The highest BCUT2D eigenvalue weighted by Gasteiger charge is 2.24. The number of rotatable bonds is 3. The van der Waals surface area contributed by atoms with Crippen LogP contribution in [0.1, 0.15) is 6.42 Å². The summed E-state index contributed by atoms with van der Waals surface area (Å²) >= 11 is 0. The molecule has 15 heavy (non-hydrogen) atoms. The maximum atomic E-state index is 13.0. The third-order valence-corrected chi connectivity index (χ3v) is 2.59. The number of nitrogens with zero attached hydrogens (tertiary/aromatic N) is 2. The Hall–Kier alpha value is -0.870. The molecule has 2 rings (SSSR count). The lowest BCUT2D eigenvalue weighted by Gasteiger charge is -2.37. The highest BCUT2D eigenvalue weighted by molar-refractivity contribution is 5.85. The Labute approximate surface area is 94.7 Å². The second kappa shape index (κ2) is 5.28. The van der Waals surface area contributed by atoms with Crippen molar-refractivity contribution in [1.29, 1.82) is 0 Å². The van der Waals surface area contributed by atoms with E-state index in [2.05, 4.69) is 9.88 Å². The van der Waals surface area contributed by atoms with Crippen LogP contribution in [0.2, 0.25) is 0 Å². The number of ether oxygens (including phenoxy) is 1. The van der Waals surface area contributed by atoms with Crippen LogP contribution in [0.15, 0.2) is 18.3 Å². The molecule has 0 aliphatic carbocycles. The van der Waals surface area contributed by atoms with Crippen LogP contribution in [-0.2, 0) is 0 Å². The maximum absolute atomic E-state index is 13.0. The lowest BCUT2D eigenvalue weighted by Crippen LogP contribution is -2.48. The summed E-state index contributed by atoms with van der Waals surface area (Å²) in [5, 5.41) is 0. The zero-order chi connectivity index (χ0) is 9.97. The number of halogens is 2. The van der Waals surface area contributed by atoms with Crippen molar-refractivity contribution < 1.29 is 9.13 Å². The van der Waals surface area contributed by atoms with E-state index < -0.39 is 5.95 Å². The van der Waals surface area contributed by atoms with Crippen LogP contribution in [0.4, 0.5) is 4.39 Å². The van der Waals surface area contributed by atoms with Crippen LogP contribution in [-0.4, -0.2) is 36.1 Å². The predicted molar refractivity (Wildman–Crippen MR) is 58.0 cm³/mol. The number of pyridine rings is 1. The lowest BCUT2D eigenvalue weighted by molar-refractivity contribution is 0.0749. The van der Waals surface area contributed by atoms with Crippen molar-refractivity contribution in [3.63, 3.8) is 0 Å². The Balaban J connectivity index is 0.00000112. The number of aromatic nitrogens is 1. The highest BCUT2D eigenvalue weighted by atomic mass is 35.5. The van der Waals surface area contributed by atoms with E-state index in [4.69, 9.17) is 4.74 Å². The van der Waals surface area contributed by atoms with Crippen LogP contribution < -0.4 is 4.74 Å². The third-order valence-electron chi connectivity index (χ3n) is 2.59. The minimum atomic E-state index is -0.533. The summed E-state index contributed by atoms with van der Waals surface area (Å²) in [6.45, 7) is 1.64. The van der Waals surface area contributed by atoms with Gasteiger partial charge in [0, 0.05) is 12.2 Å². The van der Waals surface area contributed by atoms with Gasteiger partial charge in [-0.05, 0) is 32.1 Å². The predicted octanol–water partition coefficient (Wildman–Crippen LogP) is 1.73. The average Bonchev–Trinajstić information content (AvgIpc) is 2.19. The topological polar surface area (TPSA) is 25.4 Å². The van der Waals surface area contributed by atoms with E-state index >= 15 is 0 Å². The molecule has 1 aliphatic rings. The Morgan fingerprint density at radius 3 is 3.00 bits per heavy atom. The summed E-state index contributed by atoms with van der Waals surface area (Å²) < 4.78 is 18.3. The number of hydrogen-bond donors (Lipinski definition) is 0. The van der Waals surface area contributed by atoms with Crippen LogP contribution >= 0.6 is 12.4 Å². The fourth-order valence-electron chi connectivity index (χ4n) is 1.45. The lowest BCUT2D eigenvalue weighted by atomic mass is 10.1. The van der Waals surface area contributed by atoms with E-state index in [9.17, 15) is 4.39 Å². The first kappa shape index (κ1) is 12.2. The first-order valence-electron chi connectivity index (χ1n) is 4.71. The van der Waals surface area contributed by atoms with Crippen molar-refractivity contribution >= 4 is 12.4 Å². The maximum Gasteiger partial charge on any atom is 0.255 e. The molecule has 0 amide bonds. The van der Waals surface area contributed by atoms with E-state index in [0.717, 1.165) is 13.0 Å². The van der Waals surface area contributed by atoms with E-state index in [1.807, 2.05) is 7.05 Å². The summed E-state index contributed by atoms with van der Waals surface area (Å²) in [5.74, 6) is -0.290. The minimum Gasteiger partial charge on any atom is -0.487 e. The second-order valence-corrected chi connectivity index (χ2v) is 3.53. The summed E-state index contributed by atoms with van der Waals surface area (Å²) in [6, 6.07) is 3.69. The molecular weight excluding hydrogens is 219 g/mol. The molecule has 5 heteroatoms. The third kappa shape index (κ3) is 2.79. The number of likely N-dealkylation sites (N-methyl/N-ethyl adjacent to an activating group) is 1. The molecule has 84 valence electrons. The zero-order valence-corrected chi connectivity index (χ0v) is 9.34. The standard InChI is InChI=1S/C10H13FN2O.ClH/c1-13-6-4-8(13)7-14-9-3-2-5-12-10(9)11;/h2-3,5,8H,4,6-7H2,1H3;1H/t8-;/m0./s1. The average molecular weight is 233 g/mol. The molecular formula is C10H14ClFN2O. The van der Waals surface area contributed by atoms with E-state index in [0.29, 0.717) is 12.6 Å². The molecule has 0 aromatic carbocycles. The van der Waals surface area contributed by atoms with Crippen LogP contribution in [0.5, 0.6) is 5.75 Å². The molecule has 1 aromatic rings. The number of likely N-dealkylation sites (tertiary alicyclic amines) is 1. The molecule has 0 spiro atoms. The molecule has 2 heterocycles. The van der Waals surface area contributed by atoms with Crippen molar-refractivity contribution in [3.8, 4) is 5.75 Å². The van der Waals surface area contributed by atoms with Gasteiger partial charge in [0.15, 0.2) is 5.75 Å². The molecule has 0 saturated carbocycles. The van der Waals surface area contributed by atoms with Gasteiger partial charge < -0.3 is 4.74 Å². The van der Waals surface area contributed by atoms with E-state index in [-0.39, 0.29) is 18.2 Å². The Morgan fingerprint density at radius 1 is 1.67 bits per heavy atom. The van der Waals surface area contributed by atoms with Crippen molar-refractivity contribution in [2.24, 2.45) is 0 Å². The van der Waals surface area contributed by atoms with Gasteiger partial charge in [0.1, 0.15) is 6.61 Å².